The number of anilines is 1. The Morgan fingerprint density at radius 1 is 1.12 bits per heavy atom. The third-order valence-electron chi connectivity index (χ3n) is 3.15. The lowest BCUT2D eigenvalue weighted by atomic mass is 10.2. The van der Waals surface area contributed by atoms with Gasteiger partial charge < -0.3 is 0 Å². The van der Waals surface area contributed by atoms with Gasteiger partial charge in [0.05, 0.1) is 15.5 Å². The molecule has 7 nitrogen and oxygen atoms in total. The smallest absolute Gasteiger partial charge is 0.269 e. The average Bonchev–Trinajstić information content (AvgIpc) is 3.03. The van der Waals surface area contributed by atoms with Gasteiger partial charge in [-0.05, 0) is 30.3 Å². The van der Waals surface area contributed by atoms with E-state index >= 15 is 0 Å². The number of nitrogens with zero attached hydrogens (tertiary/aromatic N) is 3. The van der Waals surface area contributed by atoms with Crippen molar-refractivity contribution in [3.05, 3.63) is 68.2 Å². The van der Waals surface area contributed by atoms with Crippen molar-refractivity contribution in [2.75, 3.05) is 5.32 Å². The van der Waals surface area contributed by atoms with Crippen molar-refractivity contribution in [1.29, 1.82) is 0 Å². The number of carbonyl (C=O) groups excluding carboxylic acids is 1. The van der Waals surface area contributed by atoms with Gasteiger partial charge in [0.1, 0.15) is 5.01 Å². The topological polar surface area (TPSA) is 98.0 Å². The number of nitrogens with one attached hydrogen (secondary N) is 1. The molecule has 0 aliphatic heterocycles. The molecule has 2 aromatic carbocycles. The molecule has 1 heterocycles. The number of non-ortho nitro benzene ring substituents is 1. The summed E-state index contributed by atoms with van der Waals surface area (Å²) in [7, 11) is 0. The van der Waals surface area contributed by atoms with Gasteiger partial charge >= 0.3 is 0 Å². The van der Waals surface area contributed by atoms with E-state index in [0.717, 1.165) is 11.3 Å². The fourth-order valence-electron chi connectivity index (χ4n) is 1.95. The van der Waals surface area contributed by atoms with E-state index in [0.29, 0.717) is 15.6 Å². The summed E-state index contributed by atoms with van der Waals surface area (Å²) in [4.78, 5) is 22.4. The summed E-state index contributed by atoms with van der Waals surface area (Å²) < 4.78 is 0. The highest BCUT2D eigenvalue weighted by Gasteiger charge is 2.15. The highest BCUT2D eigenvalue weighted by molar-refractivity contribution is 7.18. The Balaban J connectivity index is 1.77. The van der Waals surface area contributed by atoms with E-state index in [9.17, 15) is 14.9 Å². The minimum absolute atomic E-state index is 0.0147. The molecule has 0 unspecified atom stereocenters. The normalized spacial score (nSPS) is 10.5. The van der Waals surface area contributed by atoms with Crippen LogP contribution in [0.5, 0.6) is 0 Å². The van der Waals surface area contributed by atoms with Gasteiger partial charge in [-0.2, -0.15) is 0 Å². The zero-order valence-corrected chi connectivity index (χ0v) is 14.6. The fourth-order valence-corrected chi connectivity index (χ4v) is 3.19. The molecule has 25 heavy (non-hydrogen) atoms. The van der Waals surface area contributed by atoms with Crippen LogP contribution in [0.2, 0.25) is 10.0 Å². The van der Waals surface area contributed by atoms with Crippen LogP contribution in [0.15, 0.2) is 42.5 Å². The Morgan fingerprint density at radius 3 is 2.48 bits per heavy atom. The van der Waals surface area contributed by atoms with E-state index < -0.39 is 10.8 Å². The summed E-state index contributed by atoms with van der Waals surface area (Å²) in [6.07, 6.45) is 0. The number of nitro benzene ring substituents is 1. The van der Waals surface area contributed by atoms with Crippen molar-refractivity contribution in [2.45, 2.75) is 0 Å². The highest BCUT2D eigenvalue weighted by Crippen LogP contribution is 2.28. The predicted octanol–water partition coefficient (Wildman–Crippen LogP) is 4.67. The van der Waals surface area contributed by atoms with Crippen LogP contribution in [0.1, 0.15) is 10.4 Å². The molecule has 0 bridgehead atoms. The van der Waals surface area contributed by atoms with Crippen LogP contribution in [-0.4, -0.2) is 21.0 Å². The standard InChI is InChI=1S/C15H8Cl2N4O3S/c16-9-3-6-11(12(17)7-9)13(22)18-15-20-19-14(25-15)8-1-4-10(5-2-8)21(23)24/h1-7H,(H,18,20,22). The van der Waals surface area contributed by atoms with Gasteiger partial charge in [0.15, 0.2) is 0 Å². The largest absolute Gasteiger partial charge is 0.296 e. The fraction of sp³-hybridized carbons (Fsp3) is 0. The molecule has 3 rings (SSSR count). The van der Waals surface area contributed by atoms with Crippen molar-refractivity contribution < 1.29 is 9.72 Å². The van der Waals surface area contributed by atoms with Crippen LogP contribution in [-0.2, 0) is 0 Å². The Kier molecular flexibility index (Phi) is 4.93. The van der Waals surface area contributed by atoms with Gasteiger partial charge in [-0.3, -0.25) is 20.2 Å². The number of hydrogen-bond acceptors (Lipinski definition) is 6. The molecule has 0 saturated heterocycles. The van der Waals surface area contributed by atoms with Gasteiger partial charge in [-0.15, -0.1) is 10.2 Å². The van der Waals surface area contributed by atoms with E-state index in [-0.39, 0.29) is 21.4 Å². The van der Waals surface area contributed by atoms with E-state index in [4.69, 9.17) is 23.2 Å². The van der Waals surface area contributed by atoms with Gasteiger partial charge in [0.2, 0.25) is 5.13 Å². The molecular formula is C15H8Cl2N4O3S. The predicted molar refractivity (Wildman–Crippen MR) is 96.4 cm³/mol. The SMILES string of the molecule is O=C(Nc1nnc(-c2ccc([N+](=O)[O-])cc2)s1)c1ccc(Cl)cc1Cl. The molecule has 1 N–H and O–H groups in total. The van der Waals surface area contributed by atoms with E-state index in [1.54, 1.807) is 18.2 Å². The molecule has 1 aromatic heterocycles. The Morgan fingerprint density at radius 2 is 1.84 bits per heavy atom. The quantitative estimate of drug-likeness (QED) is 0.511. The van der Waals surface area contributed by atoms with Crippen molar-refractivity contribution in [3.63, 3.8) is 0 Å². The molecule has 0 fully saturated rings. The minimum Gasteiger partial charge on any atom is -0.296 e. The molecule has 0 spiro atoms. The van der Waals surface area contributed by atoms with E-state index in [2.05, 4.69) is 15.5 Å². The maximum absolute atomic E-state index is 12.2. The Bertz CT molecular complexity index is 960. The number of halogens is 2. The summed E-state index contributed by atoms with van der Waals surface area (Å²) in [5.41, 5.74) is 0.908. The third kappa shape index (κ3) is 3.93. The van der Waals surface area contributed by atoms with E-state index in [1.165, 1.54) is 24.3 Å². The molecule has 0 saturated carbocycles. The maximum Gasteiger partial charge on any atom is 0.269 e. The van der Waals surface area contributed by atoms with Gasteiger partial charge in [0, 0.05) is 22.7 Å². The second-order valence-corrected chi connectivity index (χ2v) is 6.62. The monoisotopic (exact) mass is 394 g/mol. The van der Waals surface area contributed by atoms with Crippen molar-refractivity contribution in [3.8, 4) is 10.6 Å². The zero-order chi connectivity index (χ0) is 18.0. The molecule has 1 amide bonds. The van der Waals surface area contributed by atoms with Crippen LogP contribution < -0.4 is 5.32 Å². The second-order valence-electron chi connectivity index (χ2n) is 4.79. The molecule has 3 aromatic rings. The van der Waals surface area contributed by atoms with Gasteiger partial charge in [0.25, 0.3) is 11.6 Å². The average molecular weight is 395 g/mol. The molecule has 0 aliphatic rings. The summed E-state index contributed by atoms with van der Waals surface area (Å²) in [5, 5.41) is 22.6. The van der Waals surface area contributed by atoms with E-state index in [1.807, 2.05) is 0 Å². The Labute approximate surface area is 155 Å². The molecule has 0 atom stereocenters. The summed E-state index contributed by atoms with van der Waals surface area (Å²) in [5.74, 6) is -0.437. The summed E-state index contributed by atoms with van der Waals surface area (Å²) >= 11 is 12.9. The number of rotatable bonds is 4. The molecule has 0 radical (unpaired) electrons. The van der Waals surface area contributed by atoms with Crippen molar-refractivity contribution in [2.24, 2.45) is 0 Å². The lowest BCUT2D eigenvalue weighted by Gasteiger charge is -2.03. The number of hydrogen-bond donors (Lipinski definition) is 1. The summed E-state index contributed by atoms with van der Waals surface area (Å²) in [6, 6.07) is 10.4. The first-order chi connectivity index (χ1) is 11.9. The number of carbonyl (C=O) groups is 1. The molecular weight excluding hydrogens is 387 g/mol. The first-order valence-electron chi connectivity index (χ1n) is 6.79. The maximum atomic E-state index is 12.2. The van der Waals surface area contributed by atoms with Gasteiger partial charge in [-0.25, -0.2) is 0 Å². The van der Waals surface area contributed by atoms with Crippen molar-refractivity contribution >= 4 is 51.3 Å². The minimum atomic E-state index is -0.481. The highest BCUT2D eigenvalue weighted by atomic mass is 35.5. The zero-order valence-electron chi connectivity index (χ0n) is 12.3. The molecule has 126 valence electrons. The Hall–Kier alpha value is -2.55. The van der Waals surface area contributed by atoms with Crippen molar-refractivity contribution in [1.82, 2.24) is 10.2 Å². The number of benzene rings is 2. The summed E-state index contributed by atoms with van der Waals surface area (Å²) in [6.45, 7) is 0. The number of amides is 1. The number of aromatic nitrogens is 2. The van der Waals surface area contributed by atoms with Crippen LogP contribution in [0.25, 0.3) is 10.6 Å². The van der Waals surface area contributed by atoms with Gasteiger partial charge in [-0.1, -0.05) is 34.5 Å². The lowest BCUT2D eigenvalue weighted by Crippen LogP contribution is -2.12. The van der Waals surface area contributed by atoms with Crippen LogP contribution >= 0.6 is 34.5 Å². The number of nitro groups is 1. The third-order valence-corrected chi connectivity index (χ3v) is 4.58. The van der Waals surface area contributed by atoms with Crippen LogP contribution in [0.4, 0.5) is 10.8 Å². The lowest BCUT2D eigenvalue weighted by molar-refractivity contribution is -0.384. The second kappa shape index (κ2) is 7.14. The first kappa shape index (κ1) is 17.3. The van der Waals surface area contributed by atoms with Crippen LogP contribution in [0, 0.1) is 10.1 Å². The van der Waals surface area contributed by atoms with Crippen LogP contribution in [0.3, 0.4) is 0 Å². The molecule has 10 heteroatoms. The molecule has 0 aliphatic carbocycles. The first-order valence-corrected chi connectivity index (χ1v) is 8.36.